The van der Waals surface area contributed by atoms with E-state index in [4.69, 9.17) is 403 Å². The summed E-state index contributed by atoms with van der Waals surface area (Å²) in [6, 6.07) is 0. The predicted molar refractivity (Wildman–Crippen MR) is 272 cm³/mol. The maximum Gasteiger partial charge on any atom is 1.00 e. The van der Waals surface area contributed by atoms with E-state index in [2.05, 4.69) is 0 Å². The first-order chi connectivity index (χ1) is 46.0. The molecule has 0 rings (SSSR count). The molecule has 0 heterocycles. The molecule has 0 aliphatic heterocycles. The standard InChI is InChI=1S/29Na.23H2O4S/c;;;;;;;;;;;;;;;;;;;;;;;;;;;;;23*1-5(2,3)4/h;;;;;;;;;;;;;;;;;;;;;;;;;;;;;23*(H2,1,2,3,4)/q29*+1;;;;;;;;;;;;;;;;;;;;;;;/p-29. The molecule has 0 saturated heterocycles. The maximum atomic E-state index is 8.74. The van der Waals surface area contributed by atoms with Crippen molar-refractivity contribution in [2.45, 2.75) is 0 Å². The van der Waals surface area contributed by atoms with E-state index >= 15 is 0 Å². The summed E-state index contributed by atoms with van der Waals surface area (Å²) in [7, 11) is -115. The Balaban J connectivity index is -0.0000000122. The van der Waals surface area contributed by atoms with Gasteiger partial charge >= 0.3 is 940 Å². The summed E-state index contributed by atoms with van der Waals surface area (Å²) in [6.07, 6.45) is 0. The second-order valence-corrected chi connectivity index (χ2v) is 29.2. The van der Waals surface area contributed by atoms with Crippen molar-refractivity contribution in [2.75, 3.05) is 0 Å². The van der Waals surface area contributed by atoms with Crippen LogP contribution >= 0.6 is 0 Å². The average molecular weight is 2890 g/mol. The largest absolute Gasteiger partial charge is 1.00 e. The zero-order valence-corrected chi connectivity index (χ0v) is 153. The smallest absolute Gasteiger partial charge is 0.759 e. The molecule has 92 nitrogen and oxygen atoms in total. The van der Waals surface area contributed by atoms with Crippen LogP contribution in [0, 0.1) is 0 Å². The molecule has 736 valence electrons. The topological polar surface area (TPSA) is 1800 Å². The average Bonchev–Trinajstić information content (AvgIpc) is 2.97. The van der Waals surface area contributed by atoms with Gasteiger partial charge in [-0.3, -0.25) is 195 Å². The van der Waals surface area contributed by atoms with Crippen LogP contribution in [-0.4, -0.2) is 403 Å². The molecule has 144 heavy (non-hydrogen) atoms. The zero-order chi connectivity index (χ0) is 104. The molecule has 144 heteroatoms. The molecular formula is H17Na29O92S23. The van der Waals surface area contributed by atoms with Gasteiger partial charge in [0.2, 0.25) is 10.4 Å². The molecule has 0 aromatic carbocycles. The normalized spacial score (nSPS) is 9.26. The molecule has 0 aliphatic rings. The van der Waals surface area contributed by atoms with Gasteiger partial charge in [0.15, 0.2) is 0 Å². The van der Waals surface area contributed by atoms with Gasteiger partial charge in [0, 0.05) is 146 Å². The summed E-state index contributed by atoms with van der Waals surface area (Å²) in [5.41, 5.74) is 0. The Labute approximate surface area is 1460 Å². The Bertz CT molecular complexity index is 3660. The molecule has 0 saturated carbocycles. The summed E-state index contributed by atoms with van der Waals surface area (Å²) in [5, 5.41) is 0. The molecule has 0 amide bonds. The van der Waals surface area contributed by atoms with E-state index in [1.807, 2.05) is 0 Å². The van der Waals surface area contributed by atoms with E-state index in [9.17, 15) is 0 Å². The molecule has 0 unspecified atom stereocenters. The number of hydrogen-bond donors (Lipinski definition) is 17. The van der Waals surface area contributed by atoms with E-state index in [1.165, 1.54) is 0 Å². The Hall–Kier alpha value is 26.0. The van der Waals surface area contributed by atoms with Crippen LogP contribution in [0.5, 0.6) is 0 Å². The third-order valence-corrected chi connectivity index (χ3v) is 0. The molecule has 0 atom stereocenters. The fourth-order valence-corrected chi connectivity index (χ4v) is 0. The van der Waals surface area contributed by atoms with Crippen molar-refractivity contribution in [2.24, 2.45) is 0 Å². The molecule has 0 radical (unpaired) electrons. The van der Waals surface area contributed by atoms with E-state index in [-0.39, 0.29) is 857 Å². The van der Waals surface area contributed by atoms with Crippen LogP contribution < -0.4 is 857 Å². The summed E-state index contributed by atoms with van der Waals surface area (Å²) < 4.78 is 763. The molecule has 0 bridgehead atoms. The Morgan fingerprint density at radius 1 is 0.0764 bits per heavy atom. The summed E-state index contributed by atoms with van der Waals surface area (Å²) in [6.45, 7) is 0. The van der Waals surface area contributed by atoms with Crippen LogP contribution in [0.15, 0.2) is 0 Å². The minimum Gasteiger partial charge on any atom is -0.759 e. The van der Waals surface area contributed by atoms with Crippen LogP contribution in [0.2, 0.25) is 0 Å². The van der Waals surface area contributed by atoms with Crippen molar-refractivity contribution in [1.29, 1.82) is 0 Å². The third-order valence-electron chi connectivity index (χ3n) is 0. The molecule has 0 aromatic heterocycles. The minimum atomic E-state index is -5.17. The van der Waals surface area contributed by atoms with Crippen LogP contribution in [0.3, 0.4) is 0 Å². The summed E-state index contributed by atoms with van der Waals surface area (Å²) in [4.78, 5) is 0. The van der Waals surface area contributed by atoms with Gasteiger partial charge in [-0.2, -0.15) is 67.3 Å². The fourth-order valence-electron chi connectivity index (χ4n) is 0. The second kappa shape index (κ2) is 177. The minimum absolute atomic E-state index is 0. The van der Waals surface area contributed by atoms with Gasteiger partial charge in [-0.1, -0.05) is 0 Å². The monoisotopic (exact) mass is 2890 g/mol. The Morgan fingerprint density at radius 2 is 0.0764 bits per heavy atom. The molecule has 0 spiro atoms. The molecule has 0 aliphatic carbocycles. The molecule has 0 fully saturated rings. The van der Waals surface area contributed by atoms with E-state index in [1.54, 1.807) is 0 Å². The summed E-state index contributed by atoms with van der Waals surface area (Å²) in [5.74, 6) is 0. The summed E-state index contributed by atoms with van der Waals surface area (Å²) >= 11 is 0. The van der Waals surface area contributed by atoms with Crippen LogP contribution in [-0.2, 0) is 239 Å². The van der Waals surface area contributed by atoms with Crippen LogP contribution in [0.1, 0.15) is 0 Å². The van der Waals surface area contributed by atoms with Gasteiger partial charge in [-0.05, 0) is 0 Å². The van der Waals surface area contributed by atoms with Gasteiger partial charge < -0.3 is 132 Å². The predicted octanol–water partition coefficient (Wildman–Crippen LogP) is -112. The number of rotatable bonds is 0. The van der Waals surface area contributed by atoms with Crippen molar-refractivity contribution >= 4 is 239 Å². The van der Waals surface area contributed by atoms with Crippen molar-refractivity contribution < 1.29 is 1260 Å². The third kappa shape index (κ3) is 6930. The van der Waals surface area contributed by atoms with Crippen LogP contribution in [0.4, 0.5) is 0 Å². The second-order valence-electron chi connectivity index (χ2n) is 9.73. The first kappa shape index (κ1) is 349. The van der Waals surface area contributed by atoms with E-state index in [0.29, 0.717) is 0 Å². The van der Waals surface area contributed by atoms with Gasteiger partial charge in [0.1, 0.15) is 0 Å². The Morgan fingerprint density at radius 3 is 0.0764 bits per heavy atom. The Kier molecular flexibility index (Phi) is 429. The van der Waals surface area contributed by atoms with E-state index < -0.39 is 239 Å². The van der Waals surface area contributed by atoms with Gasteiger partial charge in [-0.25, -0.2) is 8.42 Å². The fraction of sp³-hybridized carbons (Fsp3) is 0. The van der Waals surface area contributed by atoms with Gasteiger partial charge in [0.25, 0.3) is 0 Å². The van der Waals surface area contributed by atoms with Crippen molar-refractivity contribution in [3.8, 4) is 0 Å². The van der Waals surface area contributed by atoms with Crippen LogP contribution in [0.25, 0.3) is 0 Å². The first-order valence-electron chi connectivity index (χ1n) is 15.6. The number of hydrogen-bond acceptors (Lipinski definition) is 75. The first-order valence-corrected chi connectivity index (χ1v) is 46.8. The maximum absolute atomic E-state index is 8.74. The zero-order valence-electron chi connectivity index (χ0n) is 76.6. The van der Waals surface area contributed by atoms with Gasteiger partial charge in [0.05, 0.1) is 0 Å². The SMILES string of the molecule is O=S(=O)(O)O.O=S(=O)(O)O.O=S(=O)(O)O.O=S(=O)(O)O.O=S(=O)(O)O.O=S(=O)(O)O.O=S(=O)(O)O.O=S(=O)(O)O.O=S(=O)([O-])O.O=S(=O)([O-])[O-].O=S(=O)([O-])[O-].O=S(=O)([O-])[O-].O=S(=O)([O-])[O-].O=S(=O)([O-])[O-].O=S(=O)([O-])[O-].O=S(=O)([O-])[O-].O=S(=O)([O-])[O-].O=S(=O)([O-])[O-].O=S(=O)([O-])[O-].O=S(=O)([O-])[O-].O=S(=O)([O-])[O-].O=S(=O)([O-])[O-].O=S(=O)([O-])[O-].[Na+].[Na+].[Na+].[Na+].[Na+].[Na+].[Na+].[Na+].[Na+].[Na+].[Na+].[Na+].[Na+].[Na+].[Na+].[Na+].[Na+].[Na+].[Na+].[Na+].[Na+].[Na+].[Na+].[Na+].[Na+].[Na+].[Na+].[Na+].[Na+]. The molecular weight excluding hydrogens is 2880 g/mol. The van der Waals surface area contributed by atoms with Crippen molar-refractivity contribution in [3.63, 3.8) is 0 Å². The van der Waals surface area contributed by atoms with Crippen molar-refractivity contribution in [1.82, 2.24) is 0 Å². The molecule has 17 N–H and O–H groups in total. The van der Waals surface area contributed by atoms with Crippen molar-refractivity contribution in [3.05, 3.63) is 0 Å². The van der Waals surface area contributed by atoms with Gasteiger partial charge in [-0.15, -0.1) is 0 Å². The quantitative estimate of drug-likeness (QED) is 0.0608. The van der Waals surface area contributed by atoms with E-state index in [0.717, 1.165) is 0 Å². The molecule has 0 aromatic rings.